The van der Waals surface area contributed by atoms with Crippen molar-refractivity contribution in [1.82, 2.24) is 19.9 Å². The summed E-state index contributed by atoms with van der Waals surface area (Å²) in [5.74, 6) is 0.576. The van der Waals surface area contributed by atoms with Crippen molar-refractivity contribution in [2.75, 3.05) is 10.6 Å². The summed E-state index contributed by atoms with van der Waals surface area (Å²) in [5, 5.41) is 19.3. The van der Waals surface area contributed by atoms with Crippen molar-refractivity contribution < 1.29 is 4.92 Å². The van der Waals surface area contributed by atoms with Gasteiger partial charge in [0.2, 0.25) is 11.6 Å². The van der Waals surface area contributed by atoms with E-state index in [4.69, 9.17) is 0 Å². The Morgan fingerprint density at radius 2 is 1.91 bits per heavy atom. The molecule has 9 nitrogen and oxygen atoms in total. The molecule has 0 bridgehead atoms. The molecule has 0 amide bonds. The molecule has 0 saturated carbocycles. The Labute approximate surface area is 134 Å². The lowest BCUT2D eigenvalue weighted by Crippen LogP contribution is -2.06. The molecule has 3 rings (SSSR count). The Morgan fingerprint density at radius 1 is 1.13 bits per heavy atom. The fourth-order valence-electron chi connectivity index (χ4n) is 1.78. The highest BCUT2D eigenvalue weighted by molar-refractivity contribution is 7.13. The maximum absolute atomic E-state index is 11.4. The standard InChI is InChI=1S/C13H11N7O2S/c1-8-2-3-9(15-6-8)18-11-10(20(21)22)12(17-7-16-11)19-13-14-4-5-23-13/h2-7H,1H3,(H2,14,15,16,17,18,19). The molecule has 3 heterocycles. The minimum Gasteiger partial charge on any atom is -0.319 e. The fraction of sp³-hybridized carbons (Fsp3) is 0.0769. The van der Waals surface area contributed by atoms with Gasteiger partial charge in [-0.3, -0.25) is 10.1 Å². The molecule has 0 aliphatic carbocycles. The molecule has 10 heteroatoms. The zero-order valence-corrected chi connectivity index (χ0v) is 12.7. The first-order chi connectivity index (χ1) is 11.1. The van der Waals surface area contributed by atoms with Crippen molar-refractivity contribution in [1.29, 1.82) is 0 Å². The number of nitrogens with zero attached hydrogens (tertiary/aromatic N) is 5. The van der Waals surface area contributed by atoms with Gasteiger partial charge in [0, 0.05) is 17.8 Å². The Kier molecular flexibility index (Phi) is 4.06. The van der Waals surface area contributed by atoms with Gasteiger partial charge in [0.15, 0.2) is 5.13 Å². The van der Waals surface area contributed by atoms with Crippen LogP contribution in [0.1, 0.15) is 5.56 Å². The zero-order chi connectivity index (χ0) is 16.2. The van der Waals surface area contributed by atoms with Crippen LogP contribution in [0.5, 0.6) is 0 Å². The number of aromatic nitrogens is 4. The molecule has 0 radical (unpaired) electrons. The van der Waals surface area contributed by atoms with Crippen LogP contribution in [0.15, 0.2) is 36.2 Å². The molecule has 116 valence electrons. The lowest BCUT2D eigenvalue weighted by Gasteiger charge is -2.08. The van der Waals surface area contributed by atoms with E-state index in [0.29, 0.717) is 10.9 Å². The lowest BCUT2D eigenvalue weighted by atomic mass is 10.3. The highest BCUT2D eigenvalue weighted by atomic mass is 32.1. The van der Waals surface area contributed by atoms with E-state index in [0.717, 1.165) is 5.56 Å². The Balaban J connectivity index is 1.96. The van der Waals surface area contributed by atoms with Crippen molar-refractivity contribution in [2.45, 2.75) is 6.92 Å². The minimum absolute atomic E-state index is 0.0559. The molecule has 0 atom stereocenters. The van der Waals surface area contributed by atoms with Crippen molar-refractivity contribution in [2.24, 2.45) is 0 Å². The van der Waals surface area contributed by atoms with Crippen LogP contribution in [-0.2, 0) is 0 Å². The van der Waals surface area contributed by atoms with E-state index in [1.54, 1.807) is 23.8 Å². The van der Waals surface area contributed by atoms with E-state index in [2.05, 4.69) is 30.6 Å². The van der Waals surface area contributed by atoms with Crippen molar-refractivity contribution in [3.8, 4) is 0 Å². The van der Waals surface area contributed by atoms with Crippen LogP contribution in [0.25, 0.3) is 0 Å². The number of hydrogen-bond acceptors (Lipinski definition) is 9. The molecule has 2 N–H and O–H groups in total. The Hall–Kier alpha value is -3.14. The number of thiazole rings is 1. The largest absolute Gasteiger partial charge is 0.354 e. The molecule has 0 spiro atoms. The summed E-state index contributed by atoms with van der Waals surface area (Å²) in [5.41, 5.74) is 0.712. The van der Waals surface area contributed by atoms with Crippen molar-refractivity contribution >= 4 is 39.6 Å². The van der Waals surface area contributed by atoms with Gasteiger partial charge in [0.1, 0.15) is 12.1 Å². The average molecular weight is 329 g/mol. The Bertz CT molecular complexity index is 821. The number of rotatable bonds is 5. The van der Waals surface area contributed by atoms with Crippen LogP contribution in [0.2, 0.25) is 0 Å². The van der Waals surface area contributed by atoms with Crippen LogP contribution < -0.4 is 10.6 Å². The molecule has 0 saturated heterocycles. The van der Waals surface area contributed by atoms with E-state index >= 15 is 0 Å². The summed E-state index contributed by atoms with van der Waals surface area (Å²) in [4.78, 5) is 26.9. The van der Waals surface area contributed by atoms with Gasteiger partial charge in [-0.2, -0.15) is 0 Å². The second kappa shape index (κ2) is 6.32. The monoisotopic (exact) mass is 329 g/mol. The third-order valence-corrected chi connectivity index (χ3v) is 3.51. The van der Waals surface area contributed by atoms with Gasteiger partial charge in [0.05, 0.1) is 4.92 Å². The fourth-order valence-corrected chi connectivity index (χ4v) is 2.31. The third kappa shape index (κ3) is 3.37. The van der Waals surface area contributed by atoms with Crippen LogP contribution in [0.3, 0.4) is 0 Å². The van der Waals surface area contributed by atoms with Gasteiger partial charge in [-0.15, -0.1) is 11.3 Å². The first kappa shape index (κ1) is 14.8. The van der Waals surface area contributed by atoms with Crippen molar-refractivity contribution in [3.05, 3.63) is 51.9 Å². The van der Waals surface area contributed by atoms with Crippen molar-refractivity contribution in [3.63, 3.8) is 0 Å². The average Bonchev–Trinajstić information content (AvgIpc) is 3.02. The lowest BCUT2D eigenvalue weighted by molar-refractivity contribution is -0.383. The number of hydrogen-bond donors (Lipinski definition) is 2. The molecular weight excluding hydrogens is 318 g/mol. The predicted molar refractivity (Wildman–Crippen MR) is 86.3 cm³/mol. The number of nitrogens with one attached hydrogen (secondary N) is 2. The molecule has 3 aromatic rings. The molecular formula is C13H11N7O2S. The SMILES string of the molecule is Cc1ccc(Nc2ncnc(Nc3nccs3)c2[N+](=O)[O-])nc1. The maximum atomic E-state index is 11.4. The molecule has 3 aromatic heterocycles. The van der Waals surface area contributed by atoms with Gasteiger partial charge in [-0.25, -0.2) is 19.9 Å². The van der Waals surface area contributed by atoms with E-state index in [1.165, 1.54) is 17.7 Å². The van der Waals surface area contributed by atoms with E-state index in [-0.39, 0.29) is 17.3 Å². The van der Waals surface area contributed by atoms with Gasteiger partial charge in [0.25, 0.3) is 0 Å². The minimum atomic E-state index is -0.549. The zero-order valence-electron chi connectivity index (χ0n) is 11.9. The molecule has 0 aliphatic heterocycles. The van der Waals surface area contributed by atoms with Gasteiger partial charge >= 0.3 is 5.69 Å². The highest BCUT2D eigenvalue weighted by Crippen LogP contribution is 2.32. The molecule has 0 aliphatic rings. The van der Waals surface area contributed by atoms with Crippen LogP contribution in [-0.4, -0.2) is 24.9 Å². The summed E-state index contributed by atoms with van der Waals surface area (Å²) >= 11 is 1.31. The third-order valence-electron chi connectivity index (χ3n) is 2.82. The summed E-state index contributed by atoms with van der Waals surface area (Å²) in [6.45, 7) is 1.90. The van der Waals surface area contributed by atoms with Crippen LogP contribution in [0.4, 0.5) is 28.3 Å². The normalized spacial score (nSPS) is 10.3. The smallest absolute Gasteiger partial charge is 0.319 e. The summed E-state index contributed by atoms with van der Waals surface area (Å²) in [7, 11) is 0. The number of pyridine rings is 1. The molecule has 0 fully saturated rings. The second-order valence-electron chi connectivity index (χ2n) is 4.48. The second-order valence-corrected chi connectivity index (χ2v) is 5.38. The highest BCUT2D eigenvalue weighted by Gasteiger charge is 2.24. The van der Waals surface area contributed by atoms with E-state index in [1.807, 2.05) is 13.0 Å². The van der Waals surface area contributed by atoms with E-state index in [9.17, 15) is 10.1 Å². The summed E-state index contributed by atoms with van der Waals surface area (Å²) < 4.78 is 0. The van der Waals surface area contributed by atoms with Gasteiger partial charge in [-0.05, 0) is 18.6 Å². The number of aryl methyl sites for hydroxylation is 1. The molecule has 0 aromatic carbocycles. The van der Waals surface area contributed by atoms with Gasteiger partial charge < -0.3 is 10.6 Å². The Morgan fingerprint density at radius 3 is 2.52 bits per heavy atom. The predicted octanol–water partition coefficient (Wildman–Crippen LogP) is 3.03. The number of anilines is 4. The first-order valence-electron chi connectivity index (χ1n) is 6.49. The van der Waals surface area contributed by atoms with Crippen LogP contribution >= 0.6 is 11.3 Å². The molecule has 23 heavy (non-hydrogen) atoms. The topological polar surface area (TPSA) is 119 Å². The van der Waals surface area contributed by atoms with Crippen LogP contribution in [0, 0.1) is 17.0 Å². The first-order valence-corrected chi connectivity index (χ1v) is 7.37. The van der Waals surface area contributed by atoms with Gasteiger partial charge in [-0.1, -0.05) is 6.07 Å². The maximum Gasteiger partial charge on any atom is 0.354 e. The number of nitro groups is 1. The quantitative estimate of drug-likeness (QED) is 0.541. The summed E-state index contributed by atoms with van der Waals surface area (Å²) in [6.07, 6.45) is 4.49. The summed E-state index contributed by atoms with van der Waals surface area (Å²) in [6, 6.07) is 3.56. The van der Waals surface area contributed by atoms with E-state index < -0.39 is 4.92 Å². The molecule has 0 unspecified atom stereocenters.